The van der Waals surface area contributed by atoms with E-state index in [1.807, 2.05) is 30.1 Å². The molecule has 6 rings (SSSR count). The molecule has 0 bridgehead atoms. The summed E-state index contributed by atoms with van der Waals surface area (Å²) < 4.78 is 6.34. The van der Waals surface area contributed by atoms with Crippen molar-refractivity contribution in [3.63, 3.8) is 0 Å². The summed E-state index contributed by atoms with van der Waals surface area (Å²) in [6.07, 6.45) is 0. The van der Waals surface area contributed by atoms with Gasteiger partial charge in [0.15, 0.2) is 5.43 Å². The third-order valence-electron chi connectivity index (χ3n) is 7.51. The summed E-state index contributed by atoms with van der Waals surface area (Å²) in [6.45, 7) is 0.612. The van der Waals surface area contributed by atoms with E-state index in [0.717, 1.165) is 10.9 Å². The molecule has 0 unspecified atom stereocenters. The second-order valence-corrected chi connectivity index (χ2v) is 10.4. The van der Waals surface area contributed by atoms with Crippen LogP contribution in [0.5, 0.6) is 5.75 Å². The highest BCUT2D eigenvalue weighted by Gasteiger charge is 2.24. The fourth-order valence-electron chi connectivity index (χ4n) is 5.61. The molecule has 9 heteroatoms. The van der Waals surface area contributed by atoms with Crippen LogP contribution in [0.25, 0.3) is 44.2 Å². The van der Waals surface area contributed by atoms with Crippen LogP contribution in [0.15, 0.2) is 100 Å². The molecule has 1 aliphatic heterocycles. The molecule has 0 aromatic heterocycles. The molecule has 208 valence electrons. The molecule has 0 saturated heterocycles. The van der Waals surface area contributed by atoms with Crippen LogP contribution in [0.4, 0.5) is 0 Å². The third-order valence-corrected chi connectivity index (χ3v) is 7.51. The van der Waals surface area contributed by atoms with Gasteiger partial charge in [-0.2, -0.15) is 0 Å². The summed E-state index contributed by atoms with van der Waals surface area (Å²) >= 11 is 0. The Bertz CT molecular complexity index is 2020. The minimum Gasteiger partial charge on any atom is -0.508 e. The van der Waals surface area contributed by atoms with Crippen LogP contribution in [-0.2, 0) is 13.1 Å². The number of benzene rings is 5. The van der Waals surface area contributed by atoms with E-state index >= 15 is 0 Å². The predicted molar refractivity (Wildman–Crippen MR) is 162 cm³/mol. The summed E-state index contributed by atoms with van der Waals surface area (Å²) in [5, 5.41) is 41.7. The number of hydrogen-bond acceptors (Lipinski definition) is 7. The maximum absolute atomic E-state index is 13.4. The van der Waals surface area contributed by atoms with E-state index in [1.165, 1.54) is 6.07 Å². The van der Waals surface area contributed by atoms with Gasteiger partial charge in [0, 0.05) is 46.6 Å². The highest BCUT2D eigenvalue weighted by Crippen LogP contribution is 2.43. The largest absolute Gasteiger partial charge is 0.508 e. The Morgan fingerprint density at radius 2 is 1.55 bits per heavy atom. The lowest BCUT2D eigenvalue weighted by Gasteiger charge is -2.21. The molecule has 0 atom stereocenters. The molecule has 0 amide bonds. The summed E-state index contributed by atoms with van der Waals surface area (Å²) in [5.74, 6) is -0.669. The maximum atomic E-state index is 13.4. The molecule has 0 spiro atoms. The Morgan fingerprint density at radius 1 is 0.833 bits per heavy atom. The zero-order valence-corrected chi connectivity index (χ0v) is 22.6. The standard InChI is InChI=1S/C33H26BNO7/c1-35(17-20-6-2-5-9-28(20)34(40)41)18-21-15-27-30(16-29(21)37)42-32-23-13-11-22(36)14-19(23)10-12-26(32)31(27)24-7-3-4-8-25(24)33(38)39/h2-16,36,40-41H,17-18H2,1H3,(H,38,39). The molecule has 0 fully saturated rings. The molecule has 4 aromatic rings. The summed E-state index contributed by atoms with van der Waals surface area (Å²) in [4.78, 5) is 27.6. The molecular formula is C33H26BNO7. The predicted octanol–water partition coefficient (Wildman–Crippen LogP) is 4.43. The highest BCUT2D eigenvalue weighted by molar-refractivity contribution is 6.59. The topological polar surface area (TPSA) is 131 Å². The number of fused-ring (bicyclic) bond motifs is 4. The monoisotopic (exact) mass is 559 g/mol. The van der Waals surface area contributed by atoms with Crippen molar-refractivity contribution in [2.75, 3.05) is 7.05 Å². The molecule has 1 heterocycles. The fraction of sp³-hybridized carbons (Fsp3) is 0.0909. The lowest BCUT2D eigenvalue weighted by atomic mass is 9.77. The van der Waals surface area contributed by atoms with Gasteiger partial charge in [0.25, 0.3) is 0 Å². The average Bonchev–Trinajstić information content (AvgIpc) is 2.96. The molecule has 8 nitrogen and oxygen atoms in total. The number of aromatic hydroxyl groups is 1. The Morgan fingerprint density at radius 3 is 2.33 bits per heavy atom. The maximum Gasteiger partial charge on any atom is 0.488 e. The fourth-order valence-corrected chi connectivity index (χ4v) is 5.61. The number of rotatable bonds is 7. The second-order valence-electron chi connectivity index (χ2n) is 10.4. The van der Waals surface area contributed by atoms with Crippen LogP contribution in [0, 0.1) is 0 Å². The van der Waals surface area contributed by atoms with Crippen LogP contribution in [-0.4, -0.2) is 45.3 Å². The Hall–Kier alpha value is -4.96. The van der Waals surface area contributed by atoms with Gasteiger partial charge in [0.05, 0.1) is 5.56 Å². The van der Waals surface area contributed by atoms with E-state index in [4.69, 9.17) is 4.42 Å². The second kappa shape index (κ2) is 10.8. The number of phenols is 1. The Kier molecular flexibility index (Phi) is 7.00. The van der Waals surface area contributed by atoms with Crippen LogP contribution in [0.2, 0.25) is 0 Å². The van der Waals surface area contributed by atoms with Crippen molar-refractivity contribution in [3.8, 4) is 28.2 Å². The van der Waals surface area contributed by atoms with Crippen molar-refractivity contribution in [3.05, 3.63) is 118 Å². The molecule has 42 heavy (non-hydrogen) atoms. The SMILES string of the molecule is CN(Cc1ccccc1B(O)O)Cc1cc2c(-c3ccccc3C(=O)O)c3ccc4cc(O)ccc4c3oc-2cc1=O. The number of nitrogens with zero attached hydrogens (tertiary/aromatic N) is 1. The zero-order valence-electron chi connectivity index (χ0n) is 22.6. The van der Waals surface area contributed by atoms with Gasteiger partial charge in [-0.15, -0.1) is 0 Å². The number of phenolic OH excluding ortho intramolecular Hbond substituents is 1. The van der Waals surface area contributed by atoms with Crippen molar-refractivity contribution >= 4 is 40.3 Å². The number of carbonyl (C=O) groups is 1. The van der Waals surface area contributed by atoms with Crippen molar-refractivity contribution in [2.45, 2.75) is 13.1 Å². The third kappa shape index (κ3) is 4.90. The van der Waals surface area contributed by atoms with Gasteiger partial charge < -0.3 is 24.7 Å². The lowest BCUT2D eigenvalue weighted by Crippen LogP contribution is -2.35. The average molecular weight is 559 g/mol. The van der Waals surface area contributed by atoms with Gasteiger partial charge in [-0.05, 0) is 65.4 Å². The summed E-state index contributed by atoms with van der Waals surface area (Å²) in [6, 6.07) is 25.5. The van der Waals surface area contributed by atoms with Crippen molar-refractivity contribution in [2.24, 2.45) is 0 Å². The van der Waals surface area contributed by atoms with Gasteiger partial charge in [-0.25, -0.2) is 4.79 Å². The van der Waals surface area contributed by atoms with Crippen LogP contribution >= 0.6 is 0 Å². The van der Waals surface area contributed by atoms with E-state index in [1.54, 1.807) is 66.7 Å². The minimum absolute atomic E-state index is 0.103. The molecule has 0 radical (unpaired) electrons. The van der Waals surface area contributed by atoms with E-state index < -0.39 is 13.1 Å². The van der Waals surface area contributed by atoms with E-state index in [-0.39, 0.29) is 23.3 Å². The molecule has 2 aliphatic rings. The van der Waals surface area contributed by atoms with Crippen LogP contribution < -0.4 is 10.9 Å². The van der Waals surface area contributed by atoms with Gasteiger partial charge in [-0.3, -0.25) is 9.69 Å². The highest BCUT2D eigenvalue weighted by atomic mass is 16.4. The molecule has 0 saturated carbocycles. The lowest BCUT2D eigenvalue weighted by molar-refractivity contribution is 0.0697. The van der Waals surface area contributed by atoms with Gasteiger partial charge in [-0.1, -0.05) is 48.5 Å². The van der Waals surface area contributed by atoms with E-state index in [9.17, 15) is 29.9 Å². The normalized spacial score (nSPS) is 11.5. The van der Waals surface area contributed by atoms with E-state index in [0.29, 0.717) is 56.4 Å². The van der Waals surface area contributed by atoms with Crippen LogP contribution in [0.1, 0.15) is 21.5 Å². The first-order chi connectivity index (χ1) is 20.2. The summed E-state index contributed by atoms with van der Waals surface area (Å²) in [5.41, 5.74) is 3.62. The van der Waals surface area contributed by atoms with Crippen LogP contribution in [0.3, 0.4) is 0 Å². The number of carboxylic acid groups (broad SMARTS) is 1. The molecular weight excluding hydrogens is 533 g/mol. The Balaban J connectivity index is 1.56. The smallest absolute Gasteiger partial charge is 0.488 e. The molecule has 4 N–H and O–H groups in total. The first-order valence-electron chi connectivity index (χ1n) is 13.3. The number of hydrogen-bond donors (Lipinski definition) is 4. The van der Waals surface area contributed by atoms with Crippen molar-refractivity contribution < 1.29 is 29.5 Å². The van der Waals surface area contributed by atoms with Gasteiger partial charge in [0.1, 0.15) is 17.1 Å². The van der Waals surface area contributed by atoms with Gasteiger partial charge in [0.2, 0.25) is 0 Å². The quantitative estimate of drug-likeness (QED) is 0.128. The van der Waals surface area contributed by atoms with Crippen molar-refractivity contribution in [1.82, 2.24) is 4.90 Å². The molecule has 1 aliphatic carbocycles. The van der Waals surface area contributed by atoms with Crippen molar-refractivity contribution in [1.29, 1.82) is 0 Å². The first kappa shape index (κ1) is 27.2. The Labute approximate surface area is 240 Å². The van der Waals surface area contributed by atoms with E-state index in [2.05, 4.69) is 0 Å². The number of aromatic carboxylic acids is 1. The zero-order chi connectivity index (χ0) is 29.5. The minimum atomic E-state index is -1.61. The molecule has 4 aromatic carbocycles. The summed E-state index contributed by atoms with van der Waals surface area (Å²) in [7, 11) is 0.217. The number of carboxylic acids is 1. The first-order valence-corrected chi connectivity index (χ1v) is 13.3. The van der Waals surface area contributed by atoms with Gasteiger partial charge >= 0.3 is 13.1 Å².